The van der Waals surface area contributed by atoms with Crippen molar-refractivity contribution in [3.8, 4) is 0 Å². The summed E-state index contributed by atoms with van der Waals surface area (Å²) >= 11 is 6.54. The predicted octanol–water partition coefficient (Wildman–Crippen LogP) is 5.79. The number of benzene rings is 3. The Morgan fingerprint density at radius 1 is 0.966 bits per heavy atom. The van der Waals surface area contributed by atoms with Crippen molar-refractivity contribution in [2.75, 3.05) is 10.5 Å². The first-order valence-electron chi connectivity index (χ1n) is 9.65. The summed E-state index contributed by atoms with van der Waals surface area (Å²) < 4.78 is 26.5. The minimum absolute atomic E-state index is 0.0393. The molecule has 0 fully saturated rings. The molecule has 0 aliphatic heterocycles. The van der Waals surface area contributed by atoms with Gasteiger partial charge in [-0.05, 0) is 77.4 Å². The van der Waals surface area contributed by atoms with Crippen molar-refractivity contribution in [3.63, 3.8) is 0 Å². The van der Waals surface area contributed by atoms with Crippen molar-refractivity contribution in [2.45, 2.75) is 19.8 Å². The van der Waals surface area contributed by atoms with Crippen molar-refractivity contribution in [1.82, 2.24) is 0 Å². The van der Waals surface area contributed by atoms with Gasteiger partial charge in [0, 0.05) is 10.7 Å². The molecular formula is C24H22ClNO2S. The van der Waals surface area contributed by atoms with Gasteiger partial charge in [0.1, 0.15) is 0 Å². The standard InChI is InChI=1S/C24H22ClNO2S/c1-2-29(27,28)26-19-9-5-7-17(15-19)16-23-20-10-4-3-8-18(20)13-14-22-21(23)11-6-12-24(22)25/h3-12,15-16,26H,2,13-14H2,1H3/b23-16-. The van der Waals surface area contributed by atoms with Gasteiger partial charge in [0.2, 0.25) is 10.0 Å². The molecule has 3 nitrogen and oxygen atoms in total. The molecule has 0 heterocycles. The SMILES string of the molecule is CCS(=O)(=O)Nc1cccc(/C=C2/c3ccccc3CCc3c(Cl)cccc32)c1. The molecular weight excluding hydrogens is 402 g/mol. The molecule has 0 saturated heterocycles. The molecule has 0 atom stereocenters. The van der Waals surface area contributed by atoms with Crippen molar-refractivity contribution < 1.29 is 8.42 Å². The number of nitrogens with one attached hydrogen (secondary N) is 1. The highest BCUT2D eigenvalue weighted by molar-refractivity contribution is 7.92. The van der Waals surface area contributed by atoms with E-state index in [4.69, 9.17) is 11.6 Å². The van der Waals surface area contributed by atoms with Crippen LogP contribution < -0.4 is 4.72 Å². The Kier molecular flexibility index (Phi) is 5.48. The second kappa shape index (κ2) is 8.05. The van der Waals surface area contributed by atoms with Gasteiger partial charge in [-0.15, -0.1) is 0 Å². The lowest BCUT2D eigenvalue weighted by Gasteiger charge is -2.13. The van der Waals surface area contributed by atoms with Crippen LogP contribution in [0.2, 0.25) is 5.02 Å². The van der Waals surface area contributed by atoms with E-state index in [1.165, 1.54) is 11.1 Å². The van der Waals surface area contributed by atoms with E-state index >= 15 is 0 Å². The number of hydrogen-bond acceptors (Lipinski definition) is 2. The van der Waals surface area contributed by atoms with Gasteiger partial charge in [-0.1, -0.05) is 60.1 Å². The monoisotopic (exact) mass is 423 g/mol. The molecule has 0 radical (unpaired) electrons. The number of rotatable bonds is 4. The molecule has 5 heteroatoms. The summed E-state index contributed by atoms with van der Waals surface area (Å²) in [7, 11) is -3.32. The second-order valence-corrected chi connectivity index (χ2v) is 9.53. The molecule has 1 aliphatic rings. The average molecular weight is 424 g/mol. The minimum Gasteiger partial charge on any atom is -0.284 e. The third kappa shape index (κ3) is 4.24. The Bertz CT molecular complexity index is 1200. The fourth-order valence-corrected chi connectivity index (χ4v) is 4.64. The Balaban J connectivity index is 1.86. The van der Waals surface area contributed by atoms with Crippen LogP contribution in [0.5, 0.6) is 0 Å². The third-order valence-corrected chi connectivity index (χ3v) is 6.87. The van der Waals surface area contributed by atoms with E-state index in [9.17, 15) is 8.42 Å². The molecule has 0 aromatic heterocycles. The molecule has 0 bridgehead atoms. The number of fused-ring (bicyclic) bond motifs is 2. The van der Waals surface area contributed by atoms with Crippen LogP contribution in [0.1, 0.15) is 34.7 Å². The summed E-state index contributed by atoms with van der Waals surface area (Å²) in [5.74, 6) is 0.0393. The highest BCUT2D eigenvalue weighted by Gasteiger charge is 2.19. The van der Waals surface area contributed by atoms with E-state index in [1.54, 1.807) is 13.0 Å². The highest BCUT2D eigenvalue weighted by atomic mass is 35.5. The van der Waals surface area contributed by atoms with E-state index in [-0.39, 0.29) is 5.75 Å². The Hall–Kier alpha value is -2.56. The summed E-state index contributed by atoms with van der Waals surface area (Å²) in [6.07, 6.45) is 3.93. The molecule has 1 aliphatic carbocycles. The molecule has 29 heavy (non-hydrogen) atoms. The van der Waals surface area contributed by atoms with E-state index < -0.39 is 10.0 Å². The van der Waals surface area contributed by atoms with Gasteiger partial charge in [-0.25, -0.2) is 8.42 Å². The van der Waals surface area contributed by atoms with Crippen molar-refractivity contribution in [1.29, 1.82) is 0 Å². The van der Waals surface area contributed by atoms with E-state index in [1.807, 2.05) is 36.4 Å². The van der Waals surface area contributed by atoms with Crippen molar-refractivity contribution >= 4 is 39.0 Å². The lowest BCUT2D eigenvalue weighted by molar-refractivity contribution is 0.602. The van der Waals surface area contributed by atoms with E-state index in [0.29, 0.717) is 5.69 Å². The number of halogens is 1. The smallest absolute Gasteiger partial charge is 0.232 e. The lowest BCUT2D eigenvalue weighted by Crippen LogP contribution is -2.14. The number of sulfonamides is 1. The minimum atomic E-state index is -3.32. The Labute approximate surface area is 177 Å². The van der Waals surface area contributed by atoms with Crippen LogP contribution in [0.15, 0.2) is 66.7 Å². The van der Waals surface area contributed by atoms with Crippen LogP contribution in [-0.4, -0.2) is 14.2 Å². The molecule has 3 aromatic carbocycles. The quantitative estimate of drug-likeness (QED) is 0.577. The molecule has 4 rings (SSSR count). The predicted molar refractivity (Wildman–Crippen MR) is 122 cm³/mol. The third-order valence-electron chi connectivity index (χ3n) is 5.21. The van der Waals surface area contributed by atoms with Gasteiger partial charge in [-0.3, -0.25) is 4.72 Å². The van der Waals surface area contributed by atoms with Gasteiger partial charge in [0.05, 0.1) is 5.75 Å². The summed E-state index contributed by atoms with van der Waals surface area (Å²) in [5, 5.41) is 0.783. The molecule has 0 spiro atoms. The lowest BCUT2D eigenvalue weighted by atomic mass is 9.92. The molecule has 0 saturated carbocycles. The first-order valence-corrected chi connectivity index (χ1v) is 11.7. The topological polar surface area (TPSA) is 46.2 Å². The summed E-state index contributed by atoms with van der Waals surface area (Å²) in [4.78, 5) is 0. The van der Waals surface area contributed by atoms with Gasteiger partial charge in [0.25, 0.3) is 0 Å². The zero-order valence-corrected chi connectivity index (χ0v) is 17.7. The molecule has 148 valence electrons. The van der Waals surface area contributed by atoms with Crippen LogP contribution in [0.4, 0.5) is 5.69 Å². The number of hydrogen-bond donors (Lipinski definition) is 1. The van der Waals surface area contributed by atoms with Crippen LogP contribution in [0.25, 0.3) is 11.6 Å². The number of anilines is 1. The molecule has 1 N–H and O–H groups in total. The Morgan fingerprint density at radius 2 is 1.72 bits per heavy atom. The van der Waals surface area contributed by atoms with Gasteiger partial charge < -0.3 is 0 Å². The van der Waals surface area contributed by atoms with Gasteiger partial charge in [-0.2, -0.15) is 0 Å². The van der Waals surface area contributed by atoms with Gasteiger partial charge in [0.15, 0.2) is 0 Å². The summed E-state index contributed by atoms with van der Waals surface area (Å²) in [5.41, 5.74) is 7.35. The first-order chi connectivity index (χ1) is 14.0. The Morgan fingerprint density at radius 3 is 2.55 bits per heavy atom. The fraction of sp³-hybridized carbons (Fsp3) is 0.167. The van der Waals surface area contributed by atoms with Crippen LogP contribution in [0.3, 0.4) is 0 Å². The van der Waals surface area contributed by atoms with E-state index in [0.717, 1.165) is 40.1 Å². The van der Waals surface area contributed by atoms with E-state index in [2.05, 4.69) is 35.1 Å². The molecule has 3 aromatic rings. The van der Waals surface area contributed by atoms with Crippen LogP contribution in [0, 0.1) is 0 Å². The largest absolute Gasteiger partial charge is 0.284 e. The normalized spacial score (nSPS) is 14.8. The first kappa shape index (κ1) is 19.7. The summed E-state index contributed by atoms with van der Waals surface area (Å²) in [6, 6.07) is 21.9. The summed E-state index contributed by atoms with van der Waals surface area (Å²) in [6.45, 7) is 1.62. The number of aryl methyl sites for hydroxylation is 1. The fourth-order valence-electron chi connectivity index (χ4n) is 3.74. The maximum Gasteiger partial charge on any atom is 0.232 e. The van der Waals surface area contributed by atoms with Gasteiger partial charge >= 0.3 is 0 Å². The maximum absolute atomic E-state index is 11.9. The average Bonchev–Trinajstić information content (AvgIpc) is 2.86. The molecule has 0 amide bonds. The van der Waals surface area contributed by atoms with Crippen LogP contribution >= 0.6 is 11.6 Å². The second-order valence-electron chi connectivity index (χ2n) is 7.11. The molecule has 0 unspecified atom stereocenters. The highest BCUT2D eigenvalue weighted by Crippen LogP contribution is 2.37. The zero-order chi connectivity index (χ0) is 20.4. The van der Waals surface area contributed by atoms with Crippen molar-refractivity contribution in [3.05, 3.63) is 99.6 Å². The maximum atomic E-state index is 11.9. The van der Waals surface area contributed by atoms with Crippen LogP contribution in [-0.2, 0) is 22.9 Å². The van der Waals surface area contributed by atoms with Crippen molar-refractivity contribution in [2.24, 2.45) is 0 Å². The zero-order valence-electron chi connectivity index (χ0n) is 16.2.